The van der Waals surface area contributed by atoms with Crippen LogP contribution in [0.25, 0.3) is 22.5 Å². The molecule has 0 atom stereocenters. The van der Waals surface area contributed by atoms with Crippen LogP contribution in [0.15, 0.2) is 67.0 Å². The summed E-state index contributed by atoms with van der Waals surface area (Å²) in [4.78, 5) is 15.2. The van der Waals surface area contributed by atoms with Crippen molar-refractivity contribution < 1.29 is 23.1 Å². The van der Waals surface area contributed by atoms with Crippen LogP contribution < -0.4 is 10.2 Å². The van der Waals surface area contributed by atoms with E-state index in [0.29, 0.717) is 22.6 Å². The van der Waals surface area contributed by atoms with E-state index in [2.05, 4.69) is 15.5 Å². The molecule has 0 spiro atoms. The average Bonchev–Trinajstić information content (AvgIpc) is 3.45. The first-order chi connectivity index (χ1) is 18.4. The Morgan fingerprint density at radius 3 is 2.41 bits per heavy atom. The van der Waals surface area contributed by atoms with Crippen LogP contribution in [0, 0.1) is 0 Å². The molecular formula is C29H28F3N5O2. The quantitative estimate of drug-likeness (QED) is 0.341. The van der Waals surface area contributed by atoms with E-state index in [-0.39, 0.29) is 30.8 Å². The maximum absolute atomic E-state index is 14.2. The molecule has 39 heavy (non-hydrogen) atoms. The number of hydrogen-bond acceptors (Lipinski definition) is 5. The van der Waals surface area contributed by atoms with Crippen molar-refractivity contribution >= 4 is 11.6 Å². The molecule has 5 rings (SSSR count). The highest BCUT2D eigenvalue weighted by molar-refractivity contribution is 6.13. The first-order valence-electron chi connectivity index (χ1n) is 12.4. The summed E-state index contributed by atoms with van der Waals surface area (Å²) in [5.41, 5.74) is 1.09. The molecule has 0 saturated heterocycles. The third-order valence-electron chi connectivity index (χ3n) is 6.65. The summed E-state index contributed by atoms with van der Waals surface area (Å²) in [5.74, 6) is -0.0331. The maximum atomic E-state index is 14.2. The van der Waals surface area contributed by atoms with Gasteiger partial charge in [0.1, 0.15) is 6.33 Å². The van der Waals surface area contributed by atoms with E-state index < -0.39 is 23.2 Å². The van der Waals surface area contributed by atoms with Gasteiger partial charge < -0.3 is 19.9 Å². The van der Waals surface area contributed by atoms with Crippen LogP contribution in [0.3, 0.4) is 0 Å². The van der Waals surface area contributed by atoms with Crippen LogP contribution in [-0.2, 0) is 26.3 Å². The van der Waals surface area contributed by atoms with Gasteiger partial charge in [-0.3, -0.25) is 4.79 Å². The van der Waals surface area contributed by atoms with Crippen molar-refractivity contribution in [2.24, 2.45) is 7.05 Å². The standard InChI is InChI=1S/C29H28F3N5O2/c1-28(2,39)16-33-14-18-12-21-22(23(13-18)29(30,31)32)15-37(27(21)38)24-11-7-10-20(19-8-5-4-6-9-19)25(24)26-35-34-17-36(26)3/h4-13,17,33,39H,14-16H2,1-3H3. The Morgan fingerprint density at radius 2 is 1.77 bits per heavy atom. The smallest absolute Gasteiger partial charge is 0.389 e. The molecule has 0 aliphatic carbocycles. The lowest BCUT2D eigenvalue weighted by molar-refractivity contribution is -0.138. The minimum atomic E-state index is -4.65. The van der Waals surface area contributed by atoms with E-state index in [9.17, 15) is 23.1 Å². The predicted molar refractivity (Wildman–Crippen MR) is 142 cm³/mol. The Kier molecular flexibility index (Phi) is 6.77. The fraction of sp³-hybridized carbons (Fsp3) is 0.276. The number of carbonyl (C=O) groups excluding carboxylic acids is 1. The molecule has 0 unspecified atom stereocenters. The van der Waals surface area contributed by atoms with Crippen molar-refractivity contribution in [3.63, 3.8) is 0 Å². The number of nitrogens with one attached hydrogen (secondary N) is 1. The molecule has 10 heteroatoms. The number of aryl methyl sites for hydroxylation is 1. The number of aromatic nitrogens is 3. The summed E-state index contributed by atoms with van der Waals surface area (Å²) in [6.07, 6.45) is -3.11. The van der Waals surface area contributed by atoms with Gasteiger partial charge in [-0.15, -0.1) is 10.2 Å². The van der Waals surface area contributed by atoms with Crippen molar-refractivity contribution in [2.75, 3.05) is 11.4 Å². The average molecular weight is 536 g/mol. The summed E-state index contributed by atoms with van der Waals surface area (Å²) >= 11 is 0. The van der Waals surface area contributed by atoms with E-state index in [4.69, 9.17) is 0 Å². The number of aliphatic hydroxyl groups is 1. The van der Waals surface area contributed by atoms with Gasteiger partial charge in [-0.2, -0.15) is 13.2 Å². The molecule has 1 aliphatic rings. The number of anilines is 1. The third-order valence-corrected chi connectivity index (χ3v) is 6.65. The lowest BCUT2D eigenvalue weighted by atomic mass is 9.97. The van der Waals surface area contributed by atoms with Gasteiger partial charge in [0, 0.05) is 25.7 Å². The van der Waals surface area contributed by atoms with Gasteiger partial charge in [-0.1, -0.05) is 42.5 Å². The van der Waals surface area contributed by atoms with Crippen LogP contribution >= 0.6 is 0 Å². The highest BCUT2D eigenvalue weighted by Crippen LogP contribution is 2.44. The van der Waals surface area contributed by atoms with Gasteiger partial charge in [-0.25, -0.2) is 0 Å². The maximum Gasteiger partial charge on any atom is 0.416 e. The molecule has 7 nitrogen and oxygen atoms in total. The number of carbonyl (C=O) groups is 1. The summed E-state index contributed by atoms with van der Waals surface area (Å²) in [6, 6.07) is 17.5. The summed E-state index contributed by atoms with van der Waals surface area (Å²) < 4.78 is 44.4. The second-order valence-electron chi connectivity index (χ2n) is 10.3. The molecule has 4 aromatic rings. The number of rotatable bonds is 7. The number of halogens is 3. The Bertz CT molecular complexity index is 1520. The second-order valence-corrected chi connectivity index (χ2v) is 10.3. The molecule has 1 aliphatic heterocycles. The number of fused-ring (bicyclic) bond motifs is 1. The molecule has 202 valence electrons. The van der Waals surface area contributed by atoms with Gasteiger partial charge in [-0.05, 0) is 54.3 Å². The molecule has 2 N–H and O–H groups in total. The van der Waals surface area contributed by atoms with Gasteiger partial charge in [0.05, 0.1) is 29.0 Å². The molecule has 0 saturated carbocycles. The third kappa shape index (κ3) is 5.30. The van der Waals surface area contributed by atoms with Crippen LogP contribution in [0.5, 0.6) is 0 Å². The zero-order chi connectivity index (χ0) is 27.9. The summed E-state index contributed by atoms with van der Waals surface area (Å²) in [5, 5.41) is 21.2. The lowest BCUT2D eigenvalue weighted by Crippen LogP contribution is -2.34. The van der Waals surface area contributed by atoms with Crippen LogP contribution in [0.4, 0.5) is 18.9 Å². The lowest BCUT2D eigenvalue weighted by Gasteiger charge is -2.22. The van der Waals surface area contributed by atoms with Crippen molar-refractivity contribution in [1.29, 1.82) is 0 Å². The first kappa shape index (κ1) is 26.6. The SMILES string of the molecule is Cn1cnnc1-c1c(-c2ccccc2)cccc1N1Cc2c(cc(CNCC(C)(C)O)cc2C(F)(F)F)C1=O. The topological polar surface area (TPSA) is 83.3 Å². The second kappa shape index (κ2) is 9.94. The van der Waals surface area contributed by atoms with E-state index in [1.807, 2.05) is 36.4 Å². The van der Waals surface area contributed by atoms with Crippen LogP contribution in [0.2, 0.25) is 0 Å². The number of nitrogens with zero attached hydrogens (tertiary/aromatic N) is 4. The largest absolute Gasteiger partial charge is 0.416 e. The fourth-order valence-corrected chi connectivity index (χ4v) is 4.90. The molecule has 1 amide bonds. The highest BCUT2D eigenvalue weighted by Gasteiger charge is 2.41. The van der Waals surface area contributed by atoms with Crippen molar-refractivity contribution in [1.82, 2.24) is 20.1 Å². The van der Waals surface area contributed by atoms with Crippen molar-refractivity contribution in [2.45, 2.75) is 38.7 Å². The first-order valence-corrected chi connectivity index (χ1v) is 12.4. The van der Waals surface area contributed by atoms with E-state index in [1.54, 1.807) is 37.6 Å². The Morgan fingerprint density at radius 1 is 1.03 bits per heavy atom. The van der Waals surface area contributed by atoms with Crippen LogP contribution in [0.1, 0.15) is 40.9 Å². The summed E-state index contributed by atoms with van der Waals surface area (Å²) in [6.45, 7) is 3.22. The van der Waals surface area contributed by atoms with E-state index >= 15 is 0 Å². The zero-order valence-corrected chi connectivity index (χ0v) is 21.8. The van der Waals surface area contributed by atoms with Gasteiger partial charge in [0.2, 0.25) is 0 Å². The van der Waals surface area contributed by atoms with Gasteiger partial charge >= 0.3 is 6.18 Å². The Hall–Kier alpha value is -4.02. The number of amides is 1. The van der Waals surface area contributed by atoms with Crippen molar-refractivity contribution in [3.8, 4) is 22.5 Å². The van der Waals surface area contributed by atoms with Gasteiger partial charge in [0.15, 0.2) is 5.82 Å². The number of hydrogen-bond donors (Lipinski definition) is 2. The Labute approximate surface area is 223 Å². The summed E-state index contributed by atoms with van der Waals surface area (Å²) in [7, 11) is 1.77. The molecule has 0 bridgehead atoms. The van der Waals surface area contributed by atoms with Gasteiger partial charge in [0.25, 0.3) is 5.91 Å². The van der Waals surface area contributed by atoms with E-state index in [0.717, 1.165) is 17.2 Å². The normalized spacial score (nSPS) is 13.7. The minimum absolute atomic E-state index is 0.0129. The number of benzene rings is 3. The molecule has 0 radical (unpaired) electrons. The molecule has 1 aromatic heterocycles. The molecule has 3 aromatic carbocycles. The zero-order valence-electron chi connectivity index (χ0n) is 21.8. The van der Waals surface area contributed by atoms with Crippen LogP contribution in [-0.4, -0.2) is 37.9 Å². The highest BCUT2D eigenvalue weighted by atomic mass is 19.4. The Balaban J connectivity index is 1.62. The van der Waals surface area contributed by atoms with Crippen molar-refractivity contribution in [3.05, 3.63) is 89.2 Å². The monoisotopic (exact) mass is 535 g/mol. The molecular weight excluding hydrogens is 507 g/mol. The van der Waals surface area contributed by atoms with E-state index in [1.165, 1.54) is 17.3 Å². The fourth-order valence-electron chi connectivity index (χ4n) is 4.90. The molecule has 2 heterocycles. The minimum Gasteiger partial charge on any atom is -0.389 e. The molecule has 0 fully saturated rings. The number of alkyl halides is 3. The predicted octanol–water partition coefficient (Wildman–Crippen LogP) is 5.19.